The molecule has 1 fully saturated rings. The summed E-state index contributed by atoms with van der Waals surface area (Å²) in [6.45, 7) is 10.1. The molecule has 0 aliphatic heterocycles. The molecule has 0 bridgehead atoms. The molecule has 0 radical (unpaired) electrons. The number of ether oxygens (including phenoxy) is 2. The molecule has 1 aromatic rings. The zero-order valence-electron chi connectivity index (χ0n) is 21.8. The molecule has 0 aromatic heterocycles. The van der Waals surface area contributed by atoms with Crippen LogP contribution in [0.25, 0.3) is 0 Å². The van der Waals surface area contributed by atoms with Crippen molar-refractivity contribution in [3.05, 3.63) is 35.9 Å². The van der Waals surface area contributed by atoms with Crippen LogP contribution in [0.3, 0.4) is 0 Å². The van der Waals surface area contributed by atoms with Crippen molar-refractivity contribution in [3.63, 3.8) is 0 Å². The predicted octanol–water partition coefficient (Wildman–Crippen LogP) is 4.08. The summed E-state index contributed by atoms with van der Waals surface area (Å²) in [5.74, 6) is -0.600. The van der Waals surface area contributed by atoms with Crippen molar-refractivity contribution in [3.8, 4) is 0 Å². The number of benzene rings is 1. The van der Waals surface area contributed by atoms with Gasteiger partial charge >= 0.3 is 12.2 Å². The van der Waals surface area contributed by atoms with Crippen LogP contribution < -0.4 is 10.7 Å². The van der Waals surface area contributed by atoms with Crippen LogP contribution in [0.2, 0.25) is 0 Å². The second-order valence-corrected chi connectivity index (χ2v) is 11.0. The molecular weight excluding hydrogens is 450 g/mol. The first-order chi connectivity index (χ1) is 16.2. The van der Waals surface area contributed by atoms with E-state index in [0.29, 0.717) is 0 Å². The summed E-state index contributed by atoms with van der Waals surface area (Å²) >= 11 is 0. The molecule has 1 unspecified atom stereocenters. The van der Waals surface area contributed by atoms with Crippen molar-refractivity contribution in [2.24, 2.45) is 0 Å². The van der Waals surface area contributed by atoms with Gasteiger partial charge in [0.15, 0.2) is 6.10 Å². The zero-order valence-corrected chi connectivity index (χ0v) is 21.8. The first-order valence-electron chi connectivity index (χ1n) is 12.3. The Morgan fingerprint density at radius 2 is 1.54 bits per heavy atom. The largest absolute Gasteiger partial charge is 0.443 e. The molecule has 0 heterocycles. The number of carbonyl (C=O) groups is 3. The zero-order chi connectivity index (χ0) is 26.2. The SMILES string of the molecule is CC(C)(C)OC(=O)NN(C(=O)OC(C)(C)C)[C@H](Cc1ccccc1)C(O)C(=O)NC1CCCCC1. The quantitative estimate of drug-likeness (QED) is 0.516. The second kappa shape index (κ2) is 12.2. The van der Waals surface area contributed by atoms with Gasteiger partial charge < -0.3 is 19.9 Å². The van der Waals surface area contributed by atoms with Gasteiger partial charge in [-0.3, -0.25) is 4.79 Å². The van der Waals surface area contributed by atoms with E-state index in [4.69, 9.17) is 9.47 Å². The van der Waals surface area contributed by atoms with Gasteiger partial charge in [-0.15, -0.1) is 0 Å². The Labute approximate surface area is 208 Å². The molecule has 2 atom stereocenters. The lowest BCUT2D eigenvalue weighted by atomic mass is 9.94. The Morgan fingerprint density at radius 3 is 2.09 bits per heavy atom. The lowest BCUT2D eigenvalue weighted by Crippen LogP contribution is -2.61. The summed E-state index contributed by atoms with van der Waals surface area (Å²) in [6.07, 6.45) is 1.49. The van der Waals surface area contributed by atoms with Crippen LogP contribution in [0.15, 0.2) is 30.3 Å². The Morgan fingerprint density at radius 1 is 0.971 bits per heavy atom. The number of hydrogen-bond acceptors (Lipinski definition) is 6. The highest BCUT2D eigenvalue weighted by Gasteiger charge is 2.39. The van der Waals surface area contributed by atoms with Crippen molar-refractivity contribution in [1.82, 2.24) is 15.8 Å². The molecule has 3 amide bonds. The maximum absolute atomic E-state index is 13.2. The van der Waals surface area contributed by atoms with Crippen LogP contribution in [0.4, 0.5) is 9.59 Å². The summed E-state index contributed by atoms with van der Waals surface area (Å²) in [5, 5.41) is 15.0. The fourth-order valence-corrected chi connectivity index (χ4v) is 3.88. The van der Waals surface area contributed by atoms with E-state index in [1.165, 1.54) is 0 Å². The monoisotopic (exact) mass is 491 g/mol. The number of aliphatic hydroxyl groups is 1. The van der Waals surface area contributed by atoms with Gasteiger partial charge in [-0.2, -0.15) is 0 Å². The van der Waals surface area contributed by atoms with Gasteiger partial charge in [0.2, 0.25) is 0 Å². The molecular formula is C26H41N3O6. The molecule has 2 rings (SSSR count). The highest BCUT2D eigenvalue weighted by Crippen LogP contribution is 2.20. The summed E-state index contributed by atoms with van der Waals surface area (Å²) in [7, 11) is 0. The molecule has 1 aliphatic carbocycles. The van der Waals surface area contributed by atoms with Crippen LogP contribution >= 0.6 is 0 Å². The molecule has 3 N–H and O–H groups in total. The number of aliphatic hydroxyl groups excluding tert-OH is 1. The summed E-state index contributed by atoms with van der Waals surface area (Å²) in [4.78, 5) is 38.9. The van der Waals surface area contributed by atoms with Crippen molar-refractivity contribution in [2.75, 3.05) is 0 Å². The first kappa shape index (κ1) is 28.4. The van der Waals surface area contributed by atoms with Gasteiger partial charge in [0.25, 0.3) is 5.91 Å². The van der Waals surface area contributed by atoms with Crippen LogP contribution in [0.1, 0.15) is 79.2 Å². The smallest absolute Gasteiger partial charge is 0.429 e. The van der Waals surface area contributed by atoms with E-state index in [-0.39, 0.29) is 12.5 Å². The Hall–Kier alpha value is -2.81. The molecule has 0 saturated heterocycles. The highest BCUT2D eigenvalue weighted by atomic mass is 16.6. The van der Waals surface area contributed by atoms with Crippen molar-refractivity contribution in [1.29, 1.82) is 0 Å². The lowest BCUT2D eigenvalue weighted by Gasteiger charge is -2.36. The van der Waals surface area contributed by atoms with Gasteiger partial charge in [0.1, 0.15) is 11.2 Å². The Bertz CT molecular complexity index is 841. The maximum atomic E-state index is 13.2. The van der Waals surface area contributed by atoms with E-state index in [1.54, 1.807) is 41.5 Å². The molecule has 1 aliphatic rings. The summed E-state index contributed by atoms with van der Waals surface area (Å²) in [6, 6.07) is 7.94. The normalized spacial score (nSPS) is 16.5. The van der Waals surface area contributed by atoms with Crippen LogP contribution in [-0.4, -0.2) is 57.6 Å². The van der Waals surface area contributed by atoms with Crippen molar-refractivity contribution >= 4 is 18.1 Å². The van der Waals surface area contributed by atoms with Gasteiger partial charge in [-0.25, -0.2) is 20.0 Å². The molecule has 1 aromatic carbocycles. The highest BCUT2D eigenvalue weighted by molar-refractivity contribution is 5.83. The van der Waals surface area contributed by atoms with E-state index in [2.05, 4.69) is 10.7 Å². The van der Waals surface area contributed by atoms with E-state index < -0.39 is 41.4 Å². The Kier molecular flexibility index (Phi) is 9.94. The molecule has 9 heteroatoms. The van der Waals surface area contributed by atoms with Crippen LogP contribution in [-0.2, 0) is 20.7 Å². The minimum atomic E-state index is -1.63. The number of hydrazine groups is 1. The molecule has 1 saturated carbocycles. The molecule has 0 spiro atoms. The maximum Gasteiger partial charge on any atom is 0.429 e. The minimum Gasteiger partial charge on any atom is -0.443 e. The van der Waals surface area contributed by atoms with E-state index >= 15 is 0 Å². The second-order valence-electron chi connectivity index (χ2n) is 11.0. The average molecular weight is 492 g/mol. The standard InChI is InChI=1S/C26H41N3O6/c1-25(2,3)34-23(32)28-29(24(33)35-26(4,5)6)20(17-18-13-9-7-10-14-18)21(30)22(31)27-19-15-11-8-12-16-19/h7,9-10,13-14,19-21,30H,8,11-12,15-17H2,1-6H3,(H,27,31)(H,28,32)/t20-,21?/m1/s1. The third kappa shape index (κ3) is 10.1. The fourth-order valence-electron chi connectivity index (χ4n) is 3.88. The number of amides is 3. The number of rotatable bonds is 6. The number of nitrogens with zero attached hydrogens (tertiary/aromatic N) is 1. The third-order valence-corrected chi connectivity index (χ3v) is 5.40. The van der Waals surface area contributed by atoms with Gasteiger partial charge in [0, 0.05) is 6.04 Å². The molecule has 35 heavy (non-hydrogen) atoms. The minimum absolute atomic E-state index is 0.0305. The average Bonchev–Trinajstić information content (AvgIpc) is 2.74. The predicted molar refractivity (Wildman–Crippen MR) is 132 cm³/mol. The topological polar surface area (TPSA) is 117 Å². The van der Waals surface area contributed by atoms with Gasteiger partial charge in [-0.05, 0) is 66.4 Å². The summed E-state index contributed by atoms with van der Waals surface area (Å²) < 4.78 is 10.8. The molecule has 9 nitrogen and oxygen atoms in total. The van der Waals surface area contributed by atoms with E-state index in [9.17, 15) is 19.5 Å². The summed E-state index contributed by atoms with van der Waals surface area (Å²) in [5.41, 5.74) is 1.48. The number of nitrogens with one attached hydrogen (secondary N) is 2. The van der Waals surface area contributed by atoms with Gasteiger partial charge in [0.05, 0.1) is 6.04 Å². The molecule has 196 valence electrons. The van der Waals surface area contributed by atoms with Crippen LogP contribution in [0.5, 0.6) is 0 Å². The Balaban J connectivity index is 2.36. The van der Waals surface area contributed by atoms with E-state index in [1.807, 2.05) is 30.3 Å². The van der Waals surface area contributed by atoms with Gasteiger partial charge in [-0.1, -0.05) is 49.6 Å². The van der Waals surface area contributed by atoms with Crippen LogP contribution in [0, 0.1) is 0 Å². The lowest BCUT2D eigenvalue weighted by molar-refractivity contribution is -0.134. The fraction of sp³-hybridized carbons (Fsp3) is 0.654. The van der Waals surface area contributed by atoms with Crippen molar-refractivity contribution in [2.45, 2.75) is 109 Å². The van der Waals surface area contributed by atoms with E-state index in [0.717, 1.165) is 42.7 Å². The third-order valence-electron chi connectivity index (χ3n) is 5.40. The van der Waals surface area contributed by atoms with Crippen molar-refractivity contribution < 1.29 is 29.0 Å². The first-order valence-corrected chi connectivity index (χ1v) is 12.3. The number of hydrogen-bond donors (Lipinski definition) is 3. The number of carbonyl (C=O) groups excluding carboxylic acids is 3.